The molecular weight excluding hydrogens is 241 g/mol. The Kier molecular flexibility index (Phi) is 3.90. The molecule has 98 valence electrons. The lowest BCUT2D eigenvalue weighted by atomic mass is 10.1. The molecule has 0 unspecified atom stereocenters. The minimum atomic E-state index is -0.238. The standard InChI is InChI=1S/C13H10FN3.C2H6/c1-9-6-16-17-8-11(7-15-13(9)17)10-2-4-12(14)5-3-10;1-2/h2-8H,1H3;1-2H3. The molecular formula is C15H16FN3. The number of aryl methyl sites for hydroxylation is 1. The minimum Gasteiger partial charge on any atom is -0.236 e. The van der Waals surface area contributed by atoms with E-state index in [0.717, 1.165) is 22.3 Å². The quantitative estimate of drug-likeness (QED) is 0.662. The van der Waals surface area contributed by atoms with Crippen LogP contribution in [0.2, 0.25) is 0 Å². The zero-order valence-corrected chi connectivity index (χ0v) is 11.3. The Bertz CT molecular complexity index is 671. The highest BCUT2D eigenvalue weighted by Crippen LogP contribution is 2.19. The average molecular weight is 257 g/mol. The molecule has 0 aliphatic heterocycles. The molecule has 0 radical (unpaired) electrons. The molecule has 0 atom stereocenters. The summed E-state index contributed by atoms with van der Waals surface area (Å²) < 4.78 is 14.6. The van der Waals surface area contributed by atoms with Crippen molar-refractivity contribution in [1.82, 2.24) is 14.6 Å². The van der Waals surface area contributed by atoms with Crippen molar-refractivity contribution in [1.29, 1.82) is 0 Å². The molecule has 19 heavy (non-hydrogen) atoms. The van der Waals surface area contributed by atoms with Gasteiger partial charge in [0, 0.05) is 23.5 Å². The smallest absolute Gasteiger partial charge is 0.157 e. The van der Waals surface area contributed by atoms with E-state index in [-0.39, 0.29) is 5.82 Å². The number of fused-ring (bicyclic) bond motifs is 1. The van der Waals surface area contributed by atoms with Crippen LogP contribution in [0.1, 0.15) is 19.4 Å². The van der Waals surface area contributed by atoms with E-state index in [4.69, 9.17) is 0 Å². The van der Waals surface area contributed by atoms with Gasteiger partial charge in [-0.1, -0.05) is 26.0 Å². The number of hydrogen-bond donors (Lipinski definition) is 0. The van der Waals surface area contributed by atoms with Gasteiger partial charge < -0.3 is 0 Å². The normalized spacial score (nSPS) is 10.1. The van der Waals surface area contributed by atoms with Crippen molar-refractivity contribution in [3.63, 3.8) is 0 Å². The minimum absolute atomic E-state index is 0.238. The topological polar surface area (TPSA) is 30.2 Å². The molecule has 2 heterocycles. The van der Waals surface area contributed by atoms with E-state index in [9.17, 15) is 4.39 Å². The van der Waals surface area contributed by atoms with E-state index < -0.39 is 0 Å². The van der Waals surface area contributed by atoms with Crippen molar-refractivity contribution in [3.8, 4) is 11.1 Å². The Morgan fingerprint density at radius 3 is 2.37 bits per heavy atom. The van der Waals surface area contributed by atoms with Gasteiger partial charge in [-0.05, 0) is 24.6 Å². The number of rotatable bonds is 1. The summed E-state index contributed by atoms with van der Waals surface area (Å²) in [6.07, 6.45) is 5.44. The molecule has 3 nitrogen and oxygen atoms in total. The molecule has 3 aromatic rings. The van der Waals surface area contributed by atoms with Crippen LogP contribution in [0.25, 0.3) is 16.8 Å². The van der Waals surface area contributed by atoms with E-state index in [2.05, 4.69) is 10.1 Å². The predicted octanol–water partition coefficient (Wildman–Crippen LogP) is 3.87. The number of aromatic nitrogens is 3. The van der Waals surface area contributed by atoms with Crippen molar-refractivity contribution in [3.05, 3.63) is 54.2 Å². The fourth-order valence-corrected chi connectivity index (χ4v) is 1.78. The van der Waals surface area contributed by atoms with Crippen LogP contribution < -0.4 is 0 Å². The maximum Gasteiger partial charge on any atom is 0.157 e. The van der Waals surface area contributed by atoms with Crippen molar-refractivity contribution < 1.29 is 4.39 Å². The first-order chi connectivity index (χ1) is 9.24. The number of hydrogen-bond acceptors (Lipinski definition) is 2. The zero-order valence-electron chi connectivity index (χ0n) is 11.3. The summed E-state index contributed by atoms with van der Waals surface area (Å²) in [5.74, 6) is -0.238. The molecule has 0 amide bonds. The third-order valence-electron chi connectivity index (χ3n) is 2.71. The molecule has 3 rings (SSSR count). The third kappa shape index (κ3) is 2.62. The molecule has 0 N–H and O–H groups in total. The van der Waals surface area contributed by atoms with Gasteiger partial charge in [0.25, 0.3) is 0 Å². The Hall–Kier alpha value is -2.23. The second-order valence-electron chi connectivity index (χ2n) is 3.95. The van der Waals surface area contributed by atoms with Gasteiger partial charge >= 0.3 is 0 Å². The largest absolute Gasteiger partial charge is 0.236 e. The maximum atomic E-state index is 12.8. The first-order valence-electron chi connectivity index (χ1n) is 6.30. The highest BCUT2D eigenvalue weighted by Gasteiger charge is 2.04. The van der Waals surface area contributed by atoms with E-state index in [1.807, 2.05) is 27.0 Å². The molecule has 1 aromatic carbocycles. The number of halogens is 1. The average Bonchev–Trinajstić information content (AvgIpc) is 2.83. The van der Waals surface area contributed by atoms with E-state index in [1.165, 1.54) is 12.1 Å². The van der Waals surface area contributed by atoms with E-state index in [1.54, 1.807) is 29.0 Å². The number of nitrogens with zero attached hydrogens (tertiary/aromatic N) is 3. The van der Waals surface area contributed by atoms with Crippen LogP contribution in [0.4, 0.5) is 4.39 Å². The Balaban J connectivity index is 0.000000637. The molecule has 2 aromatic heterocycles. The van der Waals surface area contributed by atoms with Gasteiger partial charge in [-0.15, -0.1) is 0 Å². The van der Waals surface area contributed by atoms with Gasteiger partial charge in [0.1, 0.15) is 5.82 Å². The van der Waals surface area contributed by atoms with Crippen LogP contribution >= 0.6 is 0 Å². The fourth-order valence-electron chi connectivity index (χ4n) is 1.78. The molecule has 0 aliphatic rings. The van der Waals surface area contributed by atoms with E-state index in [0.29, 0.717) is 0 Å². The molecule has 0 saturated heterocycles. The summed E-state index contributed by atoms with van der Waals surface area (Å²) in [6, 6.07) is 6.34. The highest BCUT2D eigenvalue weighted by molar-refractivity contribution is 5.63. The molecule has 0 fully saturated rings. The highest BCUT2D eigenvalue weighted by atomic mass is 19.1. The van der Waals surface area contributed by atoms with Crippen LogP contribution in [0, 0.1) is 12.7 Å². The van der Waals surface area contributed by atoms with Crippen LogP contribution in [0.15, 0.2) is 42.9 Å². The summed E-state index contributed by atoms with van der Waals surface area (Å²) in [4.78, 5) is 4.35. The Morgan fingerprint density at radius 2 is 1.68 bits per heavy atom. The first-order valence-corrected chi connectivity index (χ1v) is 6.30. The van der Waals surface area contributed by atoms with Gasteiger partial charge in [0.2, 0.25) is 0 Å². The summed E-state index contributed by atoms with van der Waals surface area (Å²) >= 11 is 0. The fraction of sp³-hybridized carbons (Fsp3) is 0.200. The van der Waals surface area contributed by atoms with Gasteiger partial charge in [-0.25, -0.2) is 13.9 Å². The zero-order chi connectivity index (χ0) is 13.8. The summed E-state index contributed by atoms with van der Waals surface area (Å²) in [6.45, 7) is 5.97. The van der Waals surface area contributed by atoms with E-state index >= 15 is 0 Å². The second kappa shape index (κ2) is 5.61. The van der Waals surface area contributed by atoms with Gasteiger partial charge in [0.05, 0.1) is 6.20 Å². The Morgan fingerprint density at radius 1 is 1.00 bits per heavy atom. The lowest BCUT2D eigenvalue weighted by Crippen LogP contribution is -1.91. The third-order valence-corrected chi connectivity index (χ3v) is 2.71. The van der Waals surface area contributed by atoms with Crippen molar-refractivity contribution >= 4 is 5.65 Å². The van der Waals surface area contributed by atoms with Crippen molar-refractivity contribution in [2.45, 2.75) is 20.8 Å². The van der Waals surface area contributed by atoms with Crippen molar-refractivity contribution in [2.24, 2.45) is 0 Å². The molecule has 0 aliphatic carbocycles. The first kappa shape index (κ1) is 13.2. The van der Waals surface area contributed by atoms with Crippen LogP contribution in [0.3, 0.4) is 0 Å². The summed E-state index contributed by atoms with van der Waals surface area (Å²) in [5.41, 5.74) is 3.72. The molecule has 0 bridgehead atoms. The van der Waals surface area contributed by atoms with Gasteiger partial charge in [0.15, 0.2) is 5.65 Å². The molecule has 0 saturated carbocycles. The van der Waals surface area contributed by atoms with Crippen LogP contribution in [0.5, 0.6) is 0 Å². The lowest BCUT2D eigenvalue weighted by molar-refractivity contribution is 0.628. The second-order valence-corrected chi connectivity index (χ2v) is 3.95. The van der Waals surface area contributed by atoms with Gasteiger partial charge in [-0.2, -0.15) is 5.10 Å². The van der Waals surface area contributed by atoms with Crippen molar-refractivity contribution in [2.75, 3.05) is 0 Å². The van der Waals surface area contributed by atoms with Crippen LogP contribution in [-0.4, -0.2) is 14.6 Å². The van der Waals surface area contributed by atoms with Crippen LogP contribution in [-0.2, 0) is 0 Å². The van der Waals surface area contributed by atoms with Gasteiger partial charge in [-0.3, -0.25) is 0 Å². The SMILES string of the molecule is CC.Cc1cnn2cc(-c3ccc(F)cc3)cnc12. The molecule has 0 spiro atoms. The molecule has 4 heteroatoms. The lowest BCUT2D eigenvalue weighted by Gasteiger charge is -2.02. The summed E-state index contributed by atoms with van der Waals surface area (Å²) in [7, 11) is 0. The Labute approximate surface area is 111 Å². The number of benzene rings is 1. The summed E-state index contributed by atoms with van der Waals surface area (Å²) in [5, 5.41) is 4.20. The maximum absolute atomic E-state index is 12.8. The predicted molar refractivity (Wildman–Crippen MR) is 74.5 cm³/mol. The monoisotopic (exact) mass is 257 g/mol.